The molecule has 0 spiro atoms. The highest BCUT2D eigenvalue weighted by Gasteiger charge is 2.17. The molecule has 1 amide bonds. The number of hydrogen-bond acceptors (Lipinski definition) is 2. The minimum atomic E-state index is -1.02. The SMILES string of the molecule is CN(Cc1cccc(F)c1)C(=O)c1cccn1CC(=O)O. The number of aliphatic carboxylic acids is 1. The van der Waals surface area contributed by atoms with E-state index in [4.69, 9.17) is 5.11 Å². The van der Waals surface area contributed by atoms with Gasteiger partial charge in [-0.3, -0.25) is 9.59 Å². The molecular formula is C15H15FN2O3. The van der Waals surface area contributed by atoms with Crippen molar-refractivity contribution in [3.05, 3.63) is 59.7 Å². The highest BCUT2D eigenvalue weighted by atomic mass is 19.1. The molecule has 0 aliphatic heterocycles. The van der Waals surface area contributed by atoms with Gasteiger partial charge in [0, 0.05) is 19.8 Å². The maximum atomic E-state index is 13.1. The molecule has 0 radical (unpaired) electrons. The van der Waals surface area contributed by atoms with Gasteiger partial charge in [-0.05, 0) is 29.8 Å². The van der Waals surface area contributed by atoms with Crippen molar-refractivity contribution in [3.8, 4) is 0 Å². The number of carbonyl (C=O) groups excluding carboxylic acids is 1. The van der Waals surface area contributed by atoms with Gasteiger partial charge in [0.25, 0.3) is 5.91 Å². The normalized spacial score (nSPS) is 10.4. The largest absolute Gasteiger partial charge is 0.480 e. The van der Waals surface area contributed by atoms with Crippen LogP contribution < -0.4 is 0 Å². The van der Waals surface area contributed by atoms with Crippen molar-refractivity contribution in [2.45, 2.75) is 13.1 Å². The van der Waals surface area contributed by atoms with Gasteiger partial charge >= 0.3 is 5.97 Å². The quantitative estimate of drug-likeness (QED) is 0.916. The number of aromatic nitrogens is 1. The van der Waals surface area contributed by atoms with Crippen LogP contribution in [0.15, 0.2) is 42.6 Å². The number of carboxylic acid groups (broad SMARTS) is 1. The van der Waals surface area contributed by atoms with Crippen molar-refractivity contribution in [1.29, 1.82) is 0 Å². The van der Waals surface area contributed by atoms with Gasteiger partial charge in [-0.25, -0.2) is 4.39 Å². The molecule has 21 heavy (non-hydrogen) atoms. The van der Waals surface area contributed by atoms with Crippen molar-refractivity contribution in [2.75, 3.05) is 7.05 Å². The second-order valence-corrected chi connectivity index (χ2v) is 4.71. The number of rotatable bonds is 5. The van der Waals surface area contributed by atoms with Gasteiger partial charge < -0.3 is 14.6 Å². The number of carbonyl (C=O) groups is 2. The van der Waals surface area contributed by atoms with Crippen LogP contribution >= 0.6 is 0 Å². The Morgan fingerprint density at radius 1 is 1.29 bits per heavy atom. The van der Waals surface area contributed by atoms with E-state index in [0.717, 1.165) is 0 Å². The smallest absolute Gasteiger partial charge is 0.323 e. The van der Waals surface area contributed by atoms with Gasteiger partial charge in [0.1, 0.15) is 18.1 Å². The molecule has 0 fully saturated rings. The Morgan fingerprint density at radius 2 is 2.05 bits per heavy atom. The van der Waals surface area contributed by atoms with Crippen LogP contribution in [0.2, 0.25) is 0 Å². The molecular weight excluding hydrogens is 275 g/mol. The van der Waals surface area contributed by atoms with Crippen LogP contribution in [-0.2, 0) is 17.9 Å². The summed E-state index contributed by atoms with van der Waals surface area (Å²) < 4.78 is 14.5. The Labute approximate surface area is 121 Å². The summed E-state index contributed by atoms with van der Waals surface area (Å²) in [4.78, 5) is 24.5. The van der Waals surface area contributed by atoms with Gasteiger partial charge in [0.15, 0.2) is 0 Å². The third-order valence-electron chi connectivity index (χ3n) is 3.01. The maximum Gasteiger partial charge on any atom is 0.323 e. The van der Waals surface area contributed by atoms with Gasteiger partial charge in [-0.2, -0.15) is 0 Å². The van der Waals surface area contributed by atoms with Crippen molar-refractivity contribution < 1.29 is 19.1 Å². The molecule has 2 rings (SSSR count). The van der Waals surface area contributed by atoms with Gasteiger partial charge in [0.2, 0.25) is 0 Å². The highest BCUT2D eigenvalue weighted by Crippen LogP contribution is 2.11. The molecule has 5 nitrogen and oxygen atoms in total. The Morgan fingerprint density at radius 3 is 2.71 bits per heavy atom. The highest BCUT2D eigenvalue weighted by molar-refractivity contribution is 5.93. The average molecular weight is 290 g/mol. The summed E-state index contributed by atoms with van der Waals surface area (Å²) >= 11 is 0. The first kappa shape index (κ1) is 14.8. The number of hydrogen-bond donors (Lipinski definition) is 1. The van der Waals surface area contributed by atoms with E-state index in [9.17, 15) is 14.0 Å². The van der Waals surface area contributed by atoms with E-state index in [1.807, 2.05) is 0 Å². The summed E-state index contributed by atoms with van der Waals surface area (Å²) in [6.07, 6.45) is 1.54. The standard InChI is InChI=1S/C15H15FN2O3/c1-17(9-11-4-2-5-12(16)8-11)15(21)13-6-3-7-18(13)10-14(19)20/h2-8H,9-10H2,1H3,(H,19,20). The molecule has 1 aromatic carbocycles. The molecule has 0 unspecified atom stereocenters. The summed E-state index contributed by atoms with van der Waals surface area (Å²) in [5.41, 5.74) is 0.957. The van der Waals surface area contributed by atoms with Crippen molar-refractivity contribution >= 4 is 11.9 Å². The van der Waals surface area contributed by atoms with Crippen LogP contribution in [0.3, 0.4) is 0 Å². The fourth-order valence-electron chi connectivity index (χ4n) is 2.07. The van der Waals surface area contributed by atoms with Crippen molar-refractivity contribution in [1.82, 2.24) is 9.47 Å². The van der Waals surface area contributed by atoms with Crippen LogP contribution in [0.25, 0.3) is 0 Å². The molecule has 1 aromatic heterocycles. The third-order valence-corrected chi connectivity index (χ3v) is 3.01. The summed E-state index contributed by atoms with van der Waals surface area (Å²) in [5.74, 6) is -1.69. The second kappa shape index (κ2) is 6.21. The summed E-state index contributed by atoms with van der Waals surface area (Å²) in [6.45, 7) is -0.0310. The summed E-state index contributed by atoms with van der Waals surface area (Å²) in [6, 6.07) is 9.18. The Balaban J connectivity index is 2.12. The van der Waals surface area contributed by atoms with E-state index in [-0.39, 0.29) is 30.5 Å². The molecule has 110 valence electrons. The van der Waals surface area contributed by atoms with Crippen LogP contribution in [0.1, 0.15) is 16.1 Å². The average Bonchev–Trinajstić information content (AvgIpc) is 2.85. The summed E-state index contributed by atoms with van der Waals surface area (Å²) in [7, 11) is 1.59. The van der Waals surface area contributed by atoms with E-state index in [1.54, 1.807) is 31.3 Å². The fraction of sp³-hybridized carbons (Fsp3) is 0.200. The van der Waals surface area contributed by atoms with Gasteiger partial charge in [-0.1, -0.05) is 12.1 Å². The number of halogens is 1. The van der Waals surface area contributed by atoms with Crippen LogP contribution in [-0.4, -0.2) is 33.5 Å². The summed E-state index contributed by atoms with van der Waals surface area (Å²) in [5, 5.41) is 8.81. The molecule has 0 aliphatic carbocycles. The number of amides is 1. The van der Waals surface area contributed by atoms with Crippen LogP contribution in [0.4, 0.5) is 4.39 Å². The van der Waals surface area contributed by atoms with Gasteiger partial charge in [0.05, 0.1) is 0 Å². The van der Waals surface area contributed by atoms with Crippen LogP contribution in [0.5, 0.6) is 0 Å². The maximum absolute atomic E-state index is 13.1. The first-order valence-corrected chi connectivity index (χ1v) is 6.34. The molecule has 2 aromatic rings. The zero-order valence-electron chi connectivity index (χ0n) is 11.5. The molecule has 0 atom stereocenters. The molecule has 1 N–H and O–H groups in total. The number of nitrogens with zero attached hydrogens (tertiary/aromatic N) is 2. The van der Waals surface area contributed by atoms with E-state index in [1.165, 1.54) is 27.8 Å². The number of carboxylic acids is 1. The van der Waals surface area contributed by atoms with E-state index < -0.39 is 5.97 Å². The monoisotopic (exact) mass is 290 g/mol. The third kappa shape index (κ3) is 3.68. The Hall–Kier alpha value is -2.63. The zero-order chi connectivity index (χ0) is 15.4. The molecule has 0 bridgehead atoms. The topological polar surface area (TPSA) is 62.5 Å². The first-order chi connectivity index (χ1) is 9.97. The van der Waals surface area contributed by atoms with Crippen molar-refractivity contribution in [3.63, 3.8) is 0 Å². The lowest BCUT2D eigenvalue weighted by atomic mass is 10.2. The lowest BCUT2D eigenvalue weighted by molar-refractivity contribution is -0.137. The molecule has 0 aliphatic rings. The van der Waals surface area contributed by atoms with E-state index in [2.05, 4.69) is 0 Å². The minimum absolute atomic E-state index is 0.245. The van der Waals surface area contributed by atoms with Gasteiger partial charge in [-0.15, -0.1) is 0 Å². The zero-order valence-corrected chi connectivity index (χ0v) is 11.5. The molecule has 1 heterocycles. The second-order valence-electron chi connectivity index (χ2n) is 4.71. The molecule has 6 heteroatoms. The first-order valence-electron chi connectivity index (χ1n) is 6.34. The van der Waals surface area contributed by atoms with Crippen LogP contribution in [0, 0.1) is 5.82 Å². The Kier molecular flexibility index (Phi) is 4.37. The molecule has 0 saturated heterocycles. The number of benzene rings is 1. The lowest BCUT2D eigenvalue weighted by Crippen LogP contribution is -2.29. The predicted octanol–water partition coefficient (Wildman–Crippen LogP) is 1.98. The predicted molar refractivity (Wildman–Crippen MR) is 74.3 cm³/mol. The van der Waals surface area contributed by atoms with E-state index in [0.29, 0.717) is 5.56 Å². The molecule has 0 saturated carbocycles. The minimum Gasteiger partial charge on any atom is -0.480 e. The van der Waals surface area contributed by atoms with E-state index >= 15 is 0 Å². The Bertz CT molecular complexity index is 666. The lowest BCUT2D eigenvalue weighted by Gasteiger charge is -2.18. The van der Waals surface area contributed by atoms with Crippen molar-refractivity contribution in [2.24, 2.45) is 0 Å². The fourth-order valence-corrected chi connectivity index (χ4v) is 2.07.